The fourth-order valence-corrected chi connectivity index (χ4v) is 4.73. The van der Waals surface area contributed by atoms with Gasteiger partial charge in [0, 0.05) is 23.7 Å². The van der Waals surface area contributed by atoms with E-state index in [9.17, 15) is 0 Å². The van der Waals surface area contributed by atoms with Crippen LogP contribution < -0.4 is 9.64 Å². The van der Waals surface area contributed by atoms with Crippen LogP contribution in [0.5, 0.6) is 5.75 Å². The van der Waals surface area contributed by atoms with Crippen molar-refractivity contribution >= 4 is 29.3 Å². The van der Waals surface area contributed by atoms with Crippen molar-refractivity contribution in [2.75, 3.05) is 25.1 Å². The molecular weight excluding hydrogens is 460 g/mol. The third kappa shape index (κ3) is 4.69. The van der Waals surface area contributed by atoms with Crippen LogP contribution in [0, 0.1) is 0 Å². The van der Waals surface area contributed by atoms with Gasteiger partial charge in [-0.1, -0.05) is 35.5 Å². The number of hydrogen-bond acceptors (Lipinski definition) is 8. The first kappa shape index (κ1) is 21.8. The topological polar surface area (TPSA) is 82.1 Å². The lowest BCUT2D eigenvalue weighted by molar-refractivity contribution is 0.412. The molecule has 1 fully saturated rings. The van der Waals surface area contributed by atoms with Crippen LogP contribution in [0.15, 0.2) is 58.1 Å². The monoisotopic (exact) mass is 482 g/mol. The quantitative estimate of drug-likeness (QED) is 0.330. The minimum atomic E-state index is 0.461. The van der Waals surface area contributed by atoms with Crippen LogP contribution in [0.2, 0.25) is 5.02 Å². The van der Waals surface area contributed by atoms with Crippen molar-refractivity contribution in [2.45, 2.75) is 30.2 Å². The Morgan fingerprint density at radius 1 is 0.970 bits per heavy atom. The van der Waals surface area contributed by atoms with Gasteiger partial charge in [0.25, 0.3) is 0 Å². The van der Waals surface area contributed by atoms with Crippen LogP contribution >= 0.6 is 23.4 Å². The van der Waals surface area contributed by atoms with Gasteiger partial charge in [-0.25, -0.2) is 0 Å². The predicted molar refractivity (Wildman–Crippen MR) is 128 cm³/mol. The fourth-order valence-electron chi connectivity index (χ4n) is 3.83. The lowest BCUT2D eigenvalue weighted by Gasteiger charge is -2.28. The van der Waals surface area contributed by atoms with E-state index in [2.05, 4.69) is 29.9 Å². The highest BCUT2D eigenvalue weighted by Crippen LogP contribution is 2.34. The molecule has 2 aromatic carbocycles. The van der Waals surface area contributed by atoms with E-state index in [1.807, 2.05) is 36.4 Å². The van der Waals surface area contributed by atoms with E-state index in [-0.39, 0.29) is 0 Å². The number of methoxy groups -OCH3 is 1. The summed E-state index contributed by atoms with van der Waals surface area (Å²) in [7, 11) is 1.67. The molecule has 1 aliphatic heterocycles. The summed E-state index contributed by atoms with van der Waals surface area (Å²) in [5, 5.41) is 18.8. The lowest BCUT2D eigenvalue weighted by Crippen LogP contribution is -2.31. The Labute approximate surface area is 200 Å². The second-order valence-electron chi connectivity index (χ2n) is 7.63. The molecule has 0 N–H and O–H groups in total. The lowest BCUT2D eigenvalue weighted by atomic mass is 10.1. The number of halogens is 1. The van der Waals surface area contributed by atoms with Crippen molar-refractivity contribution in [3.8, 4) is 22.9 Å². The highest BCUT2D eigenvalue weighted by Gasteiger charge is 2.24. The van der Waals surface area contributed by atoms with E-state index in [0.717, 1.165) is 54.0 Å². The van der Waals surface area contributed by atoms with Crippen molar-refractivity contribution in [2.24, 2.45) is 0 Å². The molecule has 0 atom stereocenters. The molecule has 0 saturated carbocycles. The number of aromatic nitrogens is 5. The highest BCUT2D eigenvalue weighted by molar-refractivity contribution is 7.98. The Bertz CT molecular complexity index is 1220. The van der Waals surface area contributed by atoms with E-state index in [1.165, 1.54) is 18.2 Å². The molecule has 0 radical (unpaired) electrons. The Kier molecular flexibility index (Phi) is 6.50. The molecule has 8 nitrogen and oxygen atoms in total. The van der Waals surface area contributed by atoms with Gasteiger partial charge in [0.05, 0.1) is 18.6 Å². The highest BCUT2D eigenvalue weighted by atomic mass is 35.5. The first-order valence-corrected chi connectivity index (χ1v) is 12.1. The number of rotatable bonds is 7. The molecule has 10 heteroatoms. The Hall–Kier alpha value is -3.04. The number of piperidine rings is 1. The molecule has 4 aromatic rings. The largest absolute Gasteiger partial charge is 0.495 e. The van der Waals surface area contributed by atoms with Gasteiger partial charge in [0.15, 0.2) is 5.16 Å². The van der Waals surface area contributed by atoms with E-state index in [1.54, 1.807) is 19.2 Å². The van der Waals surface area contributed by atoms with Crippen molar-refractivity contribution < 1.29 is 9.15 Å². The van der Waals surface area contributed by atoms with E-state index >= 15 is 0 Å². The van der Waals surface area contributed by atoms with Crippen LogP contribution in [-0.4, -0.2) is 45.2 Å². The third-order valence-electron chi connectivity index (χ3n) is 5.46. The van der Waals surface area contributed by atoms with Gasteiger partial charge in [-0.05, 0) is 55.7 Å². The molecule has 0 bridgehead atoms. The zero-order valence-corrected chi connectivity index (χ0v) is 19.7. The maximum Gasteiger partial charge on any atom is 0.247 e. The predicted octanol–water partition coefficient (Wildman–Crippen LogP) is 5.26. The summed E-state index contributed by atoms with van der Waals surface area (Å²) in [6.07, 6.45) is 3.54. The molecule has 5 rings (SSSR count). The molecule has 0 aliphatic carbocycles. The SMILES string of the molecule is COc1ccccc1-n1c(SCc2nnc(-c3ccc(Cl)cc3)o2)nnc1N1CCCCC1. The molecule has 1 aliphatic rings. The summed E-state index contributed by atoms with van der Waals surface area (Å²) in [5.74, 6) is 3.03. The maximum atomic E-state index is 5.97. The summed E-state index contributed by atoms with van der Waals surface area (Å²) in [5.41, 5.74) is 1.73. The molecule has 3 heterocycles. The van der Waals surface area contributed by atoms with E-state index in [0.29, 0.717) is 22.6 Å². The average Bonchev–Trinajstić information content (AvgIpc) is 3.51. The number of benzene rings is 2. The van der Waals surface area contributed by atoms with Gasteiger partial charge in [0.2, 0.25) is 17.7 Å². The van der Waals surface area contributed by atoms with Crippen LogP contribution in [0.3, 0.4) is 0 Å². The van der Waals surface area contributed by atoms with Gasteiger partial charge >= 0.3 is 0 Å². The standard InChI is InChI=1S/C23H23ClN6O2S/c1-31-19-8-4-3-7-18(19)30-22(29-13-5-2-6-14-29)27-28-23(30)33-15-20-25-26-21(32-20)16-9-11-17(24)12-10-16/h3-4,7-12H,2,5-6,13-15H2,1H3. The van der Waals surface area contributed by atoms with Crippen LogP contribution in [0.25, 0.3) is 17.1 Å². The van der Waals surface area contributed by atoms with Gasteiger partial charge < -0.3 is 14.1 Å². The van der Waals surface area contributed by atoms with E-state index in [4.69, 9.17) is 20.8 Å². The minimum Gasteiger partial charge on any atom is -0.495 e. The maximum absolute atomic E-state index is 5.97. The van der Waals surface area contributed by atoms with Gasteiger partial charge in [0.1, 0.15) is 5.75 Å². The molecule has 1 saturated heterocycles. The fraction of sp³-hybridized carbons (Fsp3) is 0.304. The van der Waals surface area contributed by atoms with Crippen molar-refractivity contribution in [3.05, 3.63) is 59.4 Å². The zero-order valence-electron chi connectivity index (χ0n) is 18.1. The van der Waals surface area contributed by atoms with Crippen molar-refractivity contribution in [1.29, 1.82) is 0 Å². The van der Waals surface area contributed by atoms with Gasteiger partial charge in [-0.2, -0.15) is 0 Å². The smallest absolute Gasteiger partial charge is 0.247 e. The van der Waals surface area contributed by atoms with Crippen molar-refractivity contribution in [3.63, 3.8) is 0 Å². The number of anilines is 1. The second-order valence-corrected chi connectivity index (χ2v) is 9.01. The van der Waals surface area contributed by atoms with Crippen LogP contribution in [0.1, 0.15) is 25.2 Å². The number of nitrogens with zero attached hydrogens (tertiary/aromatic N) is 6. The molecule has 0 amide bonds. The Balaban J connectivity index is 1.42. The average molecular weight is 483 g/mol. The second kappa shape index (κ2) is 9.84. The zero-order chi connectivity index (χ0) is 22.6. The molecular formula is C23H23ClN6O2S. The normalized spacial score (nSPS) is 13.9. The Morgan fingerprint density at radius 3 is 2.55 bits per heavy atom. The minimum absolute atomic E-state index is 0.461. The molecule has 0 unspecified atom stereocenters. The molecule has 0 spiro atoms. The summed E-state index contributed by atoms with van der Waals surface area (Å²) in [6.45, 7) is 1.93. The number of ether oxygens (including phenoxy) is 1. The van der Waals surface area contributed by atoms with E-state index < -0.39 is 0 Å². The number of hydrogen-bond donors (Lipinski definition) is 0. The summed E-state index contributed by atoms with van der Waals surface area (Å²) < 4.78 is 13.6. The molecule has 170 valence electrons. The van der Waals surface area contributed by atoms with Crippen LogP contribution in [0.4, 0.5) is 5.95 Å². The van der Waals surface area contributed by atoms with Crippen LogP contribution in [-0.2, 0) is 5.75 Å². The molecule has 2 aromatic heterocycles. The molecule has 33 heavy (non-hydrogen) atoms. The summed E-state index contributed by atoms with van der Waals surface area (Å²) >= 11 is 7.47. The Morgan fingerprint density at radius 2 is 1.76 bits per heavy atom. The first-order valence-electron chi connectivity index (χ1n) is 10.8. The third-order valence-corrected chi connectivity index (χ3v) is 6.63. The summed E-state index contributed by atoms with van der Waals surface area (Å²) in [4.78, 5) is 2.29. The van der Waals surface area contributed by atoms with Gasteiger partial charge in [-0.15, -0.1) is 20.4 Å². The number of thioether (sulfide) groups is 1. The first-order chi connectivity index (χ1) is 16.2. The summed E-state index contributed by atoms with van der Waals surface area (Å²) in [6, 6.07) is 15.2. The number of para-hydroxylation sites is 2. The van der Waals surface area contributed by atoms with Gasteiger partial charge in [-0.3, -0.25) is 4.57 Å². The van der Waals surface area contributed by atoms with Crippen molar-refractivity contribution in [1.82, 2.24) is 25.0 Å².